The van der Waals surface area contributed by atoms with Crippen LogP contribution in [-0.4, -0.2) is 54.9 Å². The Morgan fingerprint density at radius 3 is 1.50 bits per heavy atom. The lowest BCUT2D eigenvalue weighted by Crippen LogP contribution is -2.48. The Bertz CT molecular complexity index is 253. The van der Waals surface area contributed by atoms with Crippen molar-refractivity contribution in [3.63, 3.8) is 0 Å². The lowest BCUT2D eigenvalue weighted by molar-refractivity contribution is 0.299. The molecule has 0 aromatic carbocycles. The molecule has 0 spiro atoms. The van der Waals surface area contributed by atoms with Crippen molar-refractivity contribution in [2.45, 2.75) is 74.3 Å². The average molecular weight is 267 g/mol. The van der Waals surface area contributed by atoms with Gasteiger partial charge in [0.2, 0.25) is 0 Å². The minimum atomic E-state index is 0.357. The first-order valence-electron chi connectivity index (χ1n) is 9.02. The summed E-state index contributed by atoms with van der Waals surface area (Å²) in [4.78, 5) is 0. The van der Waals surface area contributed by atoms with E-state index in [1.807, 2.05) is 0 Å². The third kappa shape index (κ3) is 5.02. The topological polar surface area (TPSA) is 0 Å². The zero-order valence-corrected chi connectivity index (χ0v) is 16.0. The van der Waals surface area contributed by atoms with E-state index in [4.69, 9.17) is 0 Å². The second-order valence-electron chi connectivity index (χ2n) is 9.04. The molecule has 0 rings (SSSR count). The SMILES string of the molecule is BC(B)(B)C(B)(C(CCC)CCCCCC)C(B)(B)B. The third-order valence-corrected chi connectivity index (χ3v) is 5.98. The maximum Gasteiger partial charge on any atom is 0.105 e. The van der Waals surface area contributed by atoms with Crippen molar-refractivity contribution in [1.29, 1.82) is 0 Å². The van der Waals surface area contributed by atoms with Crippen molar-refractivity contribution in [2.75, 3.05) is 0 Å². The monoisotopic (exact) mass is 268 g/mol. The highest BCUT2D eigenvalue weighted by atomic mass is 14.4. The van der Waals surface area contributed by atoms with E-state index in [9.17, 15) is 0 Å². The molecule has 0 heterocycles. The molecule has 1 unspecified atom stereocenters. The molecule has 0 aromatic rings. The van der Waals surface area contributed by atoms with Gasteiger partial charge in [0, 0.05) is 0 Å². The van der Waals surface area contributed by atoms with Crippen LogP contribution < -0.4 is 0 Å². The fourth-order valence-electron chi connectivity index (χ4n) is 4.24. The van der Waals surface area contributed by atoms with Crippen LogP contribution >= 0.6 is 0 Å². The summed E-state index contributed by atoms with van der Waals surface area (Å²) >= 11 is 0. The first-order valence-corrected chi connectivity index (χ1v) is 9.02. The highest BCUT2D eigenvalue weighted by Crippen LogP contribution is 2.62. The Morgan fingerprint density at radius 1 is 0.650 bits per heavy atom. The van der Waals surface area contributed by atoms with E-state index in [2.05, 4.69) is 68.8 Å². The van der Waals surface area contributed by atoms with Gasteiger partial charge in [-0.2, -0.15) is 0 Å². The minimum absolute atomic E-state index is 0.357. The largest absolute Gasteiger partial charge is 0.114 e. The molecule has 0 nitrogen and oxygen atoms in total. The quantitative estimate of drug-likeness (QED) is 0.321. The molecule has 0 bridgehead atoms. The van der Waals surface area contributed by atoms with Gasteiger partial charge >= 0.3 is 0 Å². The second kappa shape index (κ2) is 8.18. The fourth-order valence-corrected chi connectivity index (χ4v) is 4.24. The first-order chi connectivity index (χ1) is 9.02. The Balaban J connectivity index is 5.14. The Morgan fingerprint density at radius 2 is 1.15 bits per heavy atom. The van der Waals surface area contributed by atoms with Gasteiger partial charge in [-0.3, -0.25) is 0 Å². The predicted octanol–water partition coefficient (Wildman–Crippen LogP) is -1.89. The van der Waals surface area contributed by atoms with Gasteiger partial charge in [0.05, 0.1) is 47.1 Å². The Labute approximate surface area is 135 Å². The van der Waals surface area contributed by atoms with E-state index in [1.54, 1.807) is 0 Å². The van der Waals surface area contributed by atoms with Crippen molar-refractivity contribution in [1.82, 2.24) is 0 Å². The number of hydrogen-bond donors (Lipinski definition) is 0. The summed E-state index contributed by atoms with van der Waals surface area (Å²) < 4.78 is 0. The van der Waals surface area contributed by atoms with Gasteiger partial charge in [-0.1, -0.05) is 64.1 Å². The number of unbranched alkanes of at least 4 members (excludes halogenated alkanes) is 3. The zero-order valence-electron chi connectivity index (χ0n) is 16.0. The molecule has 0 fully saturated rings. The second-order valence-corrected chi connectivity index (χ2v) is 9.04. The summed E-state index contributed by atoms with van der Waals surface area (Å²) in [5.74, 6) is 0.851. The summed E-state index contributed by atoms with van der Waals surface area (Å²) in [5, 5.41) is 1.11. The van der Waals surface area contributed by atoms with Crippen LogP contribution in [0, 0.1) is 5.92 Å². The van der Waals surface area contributed by atoms with Crippen molar-refractivity contribution >= 4 is 54.9 Å². The van der Waals surface area contributed by atoms with Crippen LogP contribution in [0.2, 0.25) is 15.5 Å². The van der Waals surface area contributed by atoms with Gasteiger partial charge in [-0.05, 0) is 5.92 Å². The molecule has 0 aliphatic rings. The predicted molar refractivity (Wildman–Crippen MR) is 115 cm³/mol. The summed E-state index contributed by atoms with van der Waals surface area (Å²) in [6.45, 7) is 4.66. The van der Waals surface area contributed by atoms with Crippen LogP contribution in [0.5, 0.6) is 0 Å². The molecule has 1 atom stereocenters. The fraction of sp³-hybridized carbons (Fsp3) is 1.00. The smallest absolute Gasteiger partial charge is 0.105 e. The Hall–Kier alpha value is 0.455. The van der Waals surface area contributed by atoms with Gasteiger partial charge < -0.3 is 0 Å². The highest BCUT2D eigenvalue weighted by molar-refractivity contribution is 6.69. The molecule has 0 saturated heterocycles. The molecule has 0 saturated carbocycles. The van der Waals surface area contributed by atoms with Crippen LogP contribution in [0.15, 0.2) is 0 Å². The van der Waals surface area contributed by atoms with Crippen molar-refractivity contribution in [2.24, 2.45) is 5.92 Å². The van der Waals surface area contributed by atoms with E-state index in [0.717, 1.165) is 5.92 Å². The minimum Gasteiger partial charge on any atom is -0.114 e. The van der Waals surface area contributed by atoms with Crippen LogP contribution in [0.25, 0.3) is 0 Å². The van der Waals surface area contributed by atoms with E-state index in [0.29, 0.717) is 15.5 Å². The van der Waals surface area contributed by atoms with Crippen LogP contribution in [0.1, 0.15) is 58.8 Å². The van der Waals surface area contributed by atoms with Gasteiger partial charge in [0.25, 0.3) is 0 Å². The van der Waals surface area contributed by atoms with E-state index < -0.39 is 0 Å². The lowest BCUT2D eigenvalue weighted by Gasteiger charge is -2.58. The molecular weight excluding hydrogens is 232 g/mol. The molecule has 0 aliphatic heterocycles. The van der Waals surface area contributed by atoms with Crippen LogP contribution in [0.4, 0.5) is 0 Å². The molecule has 108 valence electrons. The van der Waals surface area contributed by atoms with E-state index in [-0.39, 0.29) is 0 Å². The summed E-state index contributed by atoms with van der Waals surface area (Å²) in [6, 6.07) is 0. The maximum atomic E-state index is 2.56. The van der Waals surface area contributed by atoms with Crippen LogP contribution in [-0.2, 0) is 0 Å². The van der Waals surface area contributed by atoms with Gasteiger partial charge in [-0.15, -0.1) is 10.2 Å². The molecular formula is C13H35B7. The Kier molecular flexibility index (Phi) is 8.37. The molecule has 0 aromatic heterocycles. The lowest BCUT2D eigenvalue weighted by atomic mass is 9.13. The summed E-state index contributed by atoms with van der Waals surface area (Å²) in [7, 11) is 17.3. The number of rotatable bonds is 10. The molecule has 7 heteroatoms. The number of hydrogen-bond acceptors (Lipinski definition) is 0. The van der Waals surface area contributed by atoms with Gasteiger partial charge in [-0.25, -0.2) is 0 Å². The van der Waals surface area contributed by atoms with Gasteiger partial charge in [0.15, 0.2) is 0 Å². The van der Waals surface area contributed by atoms with Crippen molar-refractivity contribution < 1.29 is 0 Å². The summed E-state index contributed by atoms with van der Waals surface area (Å²) in [5.41, 5.74) is 0. The van der Waals surface area contributed by atoms with Gasteiger partial charge in [0.1, 0.15) is 7.85 Å². The van der Waals surface area contributed by atoms with Crippen molar-refractivity contribution in [3.8, 4) is 0 Å². The summed E-state index contributed by atoms with van der Waals surface area (Å²) in [6.07, 6.45) is 9.70. The van der Waals surface area contributed by atoms with E-state index in [1.165, 1.54) is 44.9 Å². The molecule has 0 amide bonds. The van der Waals surface area contributed by atoms with E-state index >= 15 is 0 Å². The first kappa shape index (κ1) is 20.5. The highest BCUT2D eigenvalue weighted by Gasteiger charge is 2.49. The molecule has 0 aliphatic carbocycles. The molecule has 20 heavy (non-hydrogen) atoms. The third-order valence-electron chi connectivity index (χ3n) is 5.98. The zero-order chi connectivity index (χ0) is 16.0. The molecule has 0 radical (unpaired) electrons. The normalized spacial score (nSPS) is 15.1. The standard InChI is InChI=1S/C13H35B7/c1-3-5-6-7-9-10(8-4-2)11(14,12(15,16)17)13(18,19)20/h10H,3-9,14-20H2,1-2H3. The maximum absolute atomic E-state index is 2.56. The average Bonchev–Trinajstić information content (AvgIpc) is 2.29. The molecule has 0 N–H and O–H groups in total. The van der Waals surface area contributed by atoms with Crippen LogP contribution in [0.3, 0.4) is 0 Å². The van der Waals surface area contributed by atoms with Crippen molar-refractivity contribution in [3.05, 3.63) is 0 Å².